The fourth-order valence-corrected chi connectivity index (χ4v) is 8.98. The SMILES string of the molecule is CCCCCCCCC(C(=O)C(C)C)[Si](C)(c1ccccc1)c1ccccc1. The van der Waals surface area contributed by atoms with Crippen molar-refractivity contribution in [3.8, 4) is 0 Å². The van der Waals surface area contributed by atoms with Crippen LogP contribution in [0, 0.1) is 5.92 Å². The monoisotopic (exact) mass is 394 g/mol. The molecule has 0 bridgehead atoms. The van der Waals surface area contributed by atoms with Crippen molar-refractivity contribution in [3.05, 3.63) is 60.7 Å². The molecule has 0 amide bonds. The standard InChI is InChI=1S/C26H38OSi/c1-5-6-7-8-9-16-21-25(26(27)22(2)3)28(4,23-17-12-10-13-18-23)24-19-14-11-15-20-24/h10-15,17-20,22,25H,5-9,16,21H2,1-4H3. The summed E-state index contributed by atoms with van der Waals surface area (Å²) in [6, 6.07) is 21.7. The van der Waals surface area contributed by atoms with Gasteiger partial charge in [0.15, 0.2) is 0 Å². The molecule has 0 fully saturated rings. The summed E-state index contributed by atoms with van der Waals surface area (Å²) in [6.07, 6.45) is 8.66. The summed E-state index contributed by atoms with van der Waals surface area (Å²) in [7, 11) is -2.18. The summed E-state index contributed by atoms with van der Waals surface area (Å²) in [5, 5.41) is 2.76. The van der Waals surface area contributed by atoms with Crippen molar-refractivity contribution in [2.75, 3.05) is 0 Å². The van der Waals surface area contributed by atoms with E-state index in [1.807, 2.05) is 0 Å². The lowest BCUT2D eigenvalue weighted by molar-refractivity contribution is -0.122. The summed E-state index contributed by atoms with van der Waals surface area (Å²) < 4.78 is 0. The van der Waals surface area contributed by atoms with Gasteiger partial charge >= 0.3 is 0 Å². The van der Waals surface area contributed by atoms with Crippen LogP contribution in [0.15, 0.2) is 60.7 Å². The Kier molecular flexibility index (Phi) is 9.17. The molecular formula is C26H38OSi. The van der Waals surface area contributed by atoms with Crippen LogP contribution in [0.25, 0.3) is 0 Å². The van der Waals surface area contributed by atoms with E-state index in [4.69, 9.17) is 0 Å². The Hall–Kier alpha value is -1.67. The van der Waals surface area contributed by atoms with Gasteiger partial charge in [0.25, 0.3) is 0 Å². The minimum Gasteiger partial charge on any atom is -0.299 e. The summed E-state index contributed by atoms with van der Waals surface area (Å²) in [5.74, 6) is 0.541. The van der Waals surface area contributed by atoms with Crippen molar-refractivity contribution in [2.45, 2.75) is 77.8 Å². The number of carbonyl (C=O) groups excluding carboxylic acids is 1. The van der Waals surface area contributed by atoms with E-state index in [2.05, 4.69) is 88.0 Å². The minimum atomic E-state index is -2.18. The van der Waals surface area contributed by atoms with Crippen molar-refractivity contribution in [2.24, 2.45) is 5.92 Å². The lowest BCUT2D eigenvalue weighted by Crippen LogP contribution is -2.61. The normalized spacial score (nSPS) is 12.9. The summed E-state index contributed by atoms with van der Waals surface area (Å²) >= 11 is 0. The quantitative estimate of drug-likeness (QED) is 0.308. The van der Waals surface area contributed by atoms with Crippen LogP contribution < -0.4 is 10.4 Å². The molecule has 0 radical (unpaired) electrons. The average Bonchev–Trinajstić information content (AvgIpc) is 2.73. The highest BCUT2D eigenvalue weighted by Crippen LogP contribution is 2.32. The highest BCUT2D eigenvalue weighted by molar-refractivity contribution is 7.04. The van der Waals surface area contributed by atoms with Gasteiger partial charge in [0.1, 0.15) is 13.9 Å². The molecule has 2 heteroatoms. The average molecular weight is 395 g/mol. The number of carbonyl (C=O) groups is 1. The fourth-order valence-electron chi connectivity index (χ4n) is 4.38. The van der Waals surface area contributed by atoms with Gasteiger partial charge in [-0.05, 0) is 6.42 Å². The molecule has 0 spiro atoms. The van der Waals surface area contributed by atoms with Crippen molar-refractivity contribution in [3.63, 3.8) is 0 Å². The third kappa shape index (κ3) is 5.67. The lowest BCUT2D eigenvalue weighted by atomic mass is 10.0. The van der Waals surface area contributed by atoms with E-state index in [1.165, 1.54) is 42.5 Å². The molecule has 28 heavy (non-hydrogen) atoms. The fraction of sp³-hybridized carbons (Fsp3) is 0.500. The molecule has 0 aliphatic heterocycles. The number of Topliss-reactive ketones (excluding diaryl/α,β-unsaturated/α-hetero) is 1. The number of rotatable bonds is 12. The second-order valence-electron chi connectivity index (χ2n) is 8.60. The maximum absolute atomic E-state index is 13.4. The number of hydrogen-bond acceptors (Lipinski definition) is 1. The molecule has 152 valence electrons. The van der Waals surface area contributed by atoms with Crippen LogP contribution in [0.4, 0.5) is 0 Å². The van der Waals surface area contributed by atoms with Crippen LogP contribution >= 0.6 is 0 Å². The molecular weight excluding hydrogens is 356 g/mol. The first-order chi connectivity index (χ1) is 13.5. The highest BCUT2D eigenvalue weighted by atomic mass is 28.3. The summed E-state index contributed by atoms with van der Waals surface area (Å²) in [5.41, 5.74) is 0.142. The van der Waals surface area contributed by atoms with Gasteiger partial charge < -0.3 is 0 Å². The molecule has 0 saturated heterocycles. The van der Waals surface area contributed by atoms with Crippen LogP contribution in [-0.2, 0) is 4.79 Å². The molecule has 0 aliphatic rings. The molecule has 0 aromatic heterocycles. The third-order valence-corrected chi connectivity index (χ3v) is 11.2. The van der Waals surface area contributed by atoms with Crippen LogP contribution in [0.1, 0.15) is 65.7 Å². The Bertz CT molecular complexity index is 653. The molecule has 0 heterocycles. The molecule has 2 rings (SSSR count). The highest BCUT2D eigenvalue weighted by Gasteiger charge is 2.43. The first-order valence-electron chi connectivity index (χ1n) is 11.2. The maximum Gasteiger partial charge on any atom is 0.136 e. The molecule has 1 atom stereocenters. The Labute approximate surface area is 173 Å². The zero-order valence-corrected chi connectivity index (χ0v) is 19.3. The van der Waals surface area contributed by atoms with E-state index in [0.717, 1.165) is 12.8 Å². The van der Waals surface area contributed by atoms with E-state index in [-0.39, 0.29) is 11.5 Å². The van der Waals surface area contributed by atoms with Crippen LogP contribution in [0.2, 0.25) is 12.1 Å². The molecule has 2 aromatic carbocycles. The second-order valence-corrected chi connectivity index (χ2v) is 12.9. The zero-order valence-electron chi connectivity index (χ0n) is 18.3. The number of ketones is 1. The van der Waals surface area contributed by atoms with E-state index in [1.54, 1.807) is 0 Å². The lowest BCUT2D eigenvalue weighted by Gasteiger charge is -2.37. The van der Waals surface area contributed by atoms with Crippen LogP contribution in [0.3, 0.4) is 0 Å². The first kappa shape index (κ1) is 22.6. The van der Waals surface area contributed by atoms with Gasteiger partial charge in [0, 0.05) is 11.5 Å². The molecule has 0 aliphatic carbocycles. The molecule has 1 nitrogen and oxygen atoms in total. The minimum absolute atomic E-state index is 0.0874. The van der Waals surface area contributed by atoms with E-state index >= 15 is 0 Å². The van der Waals surface area contributed by atoms with Crippen molar-refractivity contribution < 1.29 is 4.79 Å². The molecule has 0 N–H and O–H groups in total. The van der Waals surface area contributed by atoms with Gasteiger partial charge in [0.05, 0.1) is 0 Å². The van der Waals surface area contributed by atoms with Gasteiger partial charge in [-0.1, -0.05) is 137 Å². The molecule has 0 saturated carbocycles. The van der Waals surface area contributed by atoms with Crippen LogP contribution in [0.5, 0.6) is 0 Å². The predicted molar refractivity (Wildman–Crippen MR) is 125 cm³/mol. The second kappa shape index (κ2) is 11.4. The van der Waals surface area contributed by atoms with E-state index in [0.29, 0.717) is 5.78 Å². The third-order valence-electron chi connectivity index (χ3n) is 6.20. The van der Waals surface area contributed by atoms with Gasteiger partial charge in [-0.3, -0.25) is 4.79 Å². The largest absolute Gasteiger partial charge is 0.299 e. The Morgan fingerprint density at radius 1 is 0.786 bits per heavy atom. The summed E-state index contributed by atoms with van der Waals surface area (Å²) in [4.78, 5) is 13.4. The van der Waals surface area contributed by atoms with E-state index in [9.17, 15) is 4.79 Å². The van der Waals surface area contributed by atoms with Gasteiger partial charge in [0.2, 0.25) is 0 Å². The van der Waals surface area contributed by atoms with Crippen molar-refractivity contribution in [1.82, 2.24) is 0 Å². The number of benzene rings is 2. The summed E-state index contributed by atoms with van der Waals surface area (Å²) in [6.45, 7) is 8.82. The van der Waals surface area contributed by atoms with E-state index < -0.39 is 8.07 Å². The topological polar surface area (TPSA) is 17.1 Å². The Morgan fingerprint density at radius 2 is 1.25 bits per heavy atom. The molecule has 2 aromatic rings. The Balaban J connectivity index is 2.34. The maximum atomic E-state index is 13.4. The van der Waals surface area contributed by atoms with Crippen LogP contribution in [-0.4, -0.2) is 13.9 Å². The first-order valence-corrected chi connectivity index (χ1v) is 13.7. The Morgan fingerprint density at radius 3 is 1.71 bits per heavy atom. The van der Waals surface area contributed by atoms with Crippen molar-refractivity contribution >= 4 is 24.2 Å². The predicted octanol–water partition coefficient (Wildman–Crippen LogP) is 6.23. The van der Waals surface area contributed by atoms with Gasteiger partial charge in [-0.25, -0.2) is 0 Å². The van der Waals surface area contributed by atoms with Gasteiger partial charge in [-0.15, -0.1) is 0 Å². The number of hydrogen-bond donors (Lipinski definition) is 0. The number of unbranched alkanes of at least 4 members (excludes halogenated alkanes) is 5. The molecule has 1 unspecified atom stereocenters. The van der Waals surface area contributed by atoms with Crippen molar-refractivity contribution in [1.29, 1.82) is 0 Å². The van der Waals surface area contributed by atoms with Gasteiger partial charge in [-0.2, -0.15) is 0 Å². The zero-order chi connectivity index (χ0) is 20.4. The smallest absolute Gasteiger partial charge is 0.136 e.